The minimum absolute atomic E-state index is 0.144. The number of amides is 1. The molecule has 23 heavy (non-hydrogen) atoms. The van der Waals surface area contributed by atoms with E-state index >= 15 is 0 Å². The molecule has 1 fully saturated rings. The highest BCUT2D eigenvalue weighted by Crippen LogP contribution is 2.26. The zero-order chi connectivity index (χ0) is 16.8. The molecule has 1 aromatic carbocycles. The van der Waals surface area contributed by atoms with Crippen LogP contribution in [0.3, 0.4) is 0 Å². The first-order valence-electron chi connectivity index (χ1n) is 7.81. The maximum Gasteiger partial charge on any atom is 0.303 e. The summed E-state index contributed by atoms with van der Waals surface area (Å²) in [6, 6.07) is 5.84. The zero-order valence-corrected chi connectivity index (χ0v) is 14.8. The van der Waals surface area contributed by atoms with Gasteiger partial charge in [0.1, 0.15) is 5.75 Å². The van der Waals surface area contributed by atoms with Gasteiger partial charge in [0.05, 0.1) is 11.6 Å². The largest absolute Gasteiger partial charge is 0.496 e. The average Bonchev–Trinajstić information content (AvgIpc) is 2.53. The molecule has 1 aliphatic rings. The fourth-order valence-corrected chi connectivity index (χ4v) is 3.50. The van der Waals surface area contributed by atoms with Gasteiger partial charge in [-0.15, -0.1) is 0 Å². The summed E-state index contributed by atoms with van der Waals surface area (Å²) in [5.41, 5.74) is 1.09. The van der Waals surface area contributed by atoms with Gasteiger partial charge in [-0.1, -0.05) is 6.07 Å². The number of aliphatic carboxylic acids is 1. The van der Waals surface area contributed by atoms with Gasteiger partial charge >= 0.3 is 5.97 Å². The molecule has 1 saturated heterocycles. The number of hydrogen-bond acceptors (Lipinski definition) is 3. The van der Waals surface area contributed by atoms with Gasteiger partial charge in [-0.25, -0.2) is 0 Å². The molecule has 1 heterocycles. The first-order chi connectivity index (χ1) is 11.0. The Balaban J connectivity index is 1.79. The molecule has 0 aromatic heterocycles. The second kappa shape index (κ2) is 8.34. The lowest BCUT2D eigenvalue weighted by molar-refractivity contribution is -0.138. The van der Waals surface area contributed by atoms with Gasteiger partial charge in [-0.05, 0) is 58.8 Å². The van der Waals surface area contributed by atoms with Crippen molar-refractivity contribution in [3.63, 3.8) is 0 Å². The summed E-state index contributed by atoms with van der Waals surface area (Å²) in [6.07, 6.45) is 2.94. The zero-order valence-electron chi connectivity index (χ0n) is 13.3. The van der Waals surface area contributed by atoms with Crippen molar-refractivity contribution in [1.29, 1.82) is 0 Å². The number of carbonyl (C=O) groups is 2. The van der Waals surface area contributed by atoms with Crippen LogP contribution >= 0.6 is 15.9 Å². The highest BCUT2D eigenvalue weighted by atomic mass is 79.9. The van der Waals surface area contributed by atoms with E-state index in [2.05, 4.69) is 15.9 Å². The molecule has 5 nitrogen and oxygen atoms in total. The summed E-state index contributed by atoms with van der Waals surface area (Å²) in [5, 5.41) is 8.82. The maximum atomic E-state index is 12.3. The normalized spacial score (nSPS) is 15.5. The molecule has 0 bridgehead atoms. The molecule has 0 aliphatic carbocycles. The van der Waals surface area contributed by atoms with E-state index in [0.29, 0.717) is 25.9 Å². The lowest BCUT2D eigenvalue weighted by Gasteiger charge is -2.31. The number of ether oxygens (including phenoxy) is 1. The van der Waals surface area contributed by atoms with E-state index in [-0.39, 0.29) is 18.2 Å². The number of hydrogen-bond donors (Lipinski definition) is 1. The van der Waals surface area contributed by atoms with Crippen LogP contribution in [-0.2, 0) is 16.0 Å². The second-order valence-corrected chi connectivity index (χ2v) is 6.75. The number of carbonyl (C=O) groups excluding carboxylic acids is 1. The smallest absolute Gasteiger partial charge is 0.303 e. The predicted octanol–water partition coefficient (Wildman–Crippen LogP) is 3.10. The molecule has 0 atom stereocenters. The molecule has 1 amide bonds. The molecule has 0 unspecified atom stereocenters. The molecule has 0 spiro atoms. The molecule has 0 radical (unpaired) electrons. The van der Waals surface area contributed by atoms with Crippen LogP contribution in [0.2, 0.25) is 0 Å². The summed E-state index contributed by atoms with van der Waals surface area (Å²) < 4.78 is 6.08. The van der Waals surface area contributed by atoms with Gasteiger partial charge in [0, 0.05) is 25.9 Å². The lowest BCUT2D eigenvalue weighted by atomic mass is 9.93. The Bertz CT molecular complexity index is 568. The van der Waals surface area contributed by atoms with Crippen LogP contribution in [0.15, 0.2) is 22.7 Å². The fraction of sp³-hybridized carbons (Fsp3) is 0.529. The molecule has 1 aliphatic heterocycles. The van der Waals surface area contributed by atoms with Gasteiger partial charge in [0.25, 0.3) is 0 Å². The van der Waals surface area contributed by atoms with Crippen molar-refractivity contribution in [3.8, 4) is 5.75 Å². The SMILES string of the molecule is COc1ccc(CCC(=O)N2CCC(CC(=O)O)CC2)cc1Br. The summed E-state index contributed by atoms with van der Waals surface area (Å²) >= 11 is 3.45. The summed E-state index contributed by atoms with van der Waals surface area (Å²) in [5.74, 6) is 0.375. The number of aryl methyl sites for hydroxylation is 1. The Morgan fingerprint density at radius 1 is 1.35 bits per heavy atom. The van der Waals surface area contributed by atoms with Crippen LogP contribution in [0, 0.1) is 5.92 Å². The molecule has 0 saturated carbocycles. The maximum absolute atomic E-state index is 12.3. The van der Waals surface area contributed by atoms with E-state index in [1.807, 2.05) is 23.1 Å². The van der Waals surface area contributed by atoms with E-state index in [4.69, 9.17) is 9.84 Å². The van der Waals surface area contributed by atoms with Crippen LogP contribution in [0.5, 0.6) is 5.75 Å². The third-order valence-corrected chi connectivity index (χ3v) is 4.89. The van der Waals surface area contributed by atoms with Crippen molar-refractivity contribution in [2.75, 3.05) is 20.2 Å². The second-order valence-electron chi connectivity index (χ2n) is 5.89. The third-order valence-electron chi connectivity index (χ3n) is 4.27. The fourth-order valence-electron chi connectivity index (χ4n) is 2.91. The van der Waals surface area contributed by atoms with Gasteiger partial charge < -0.3 is 14.7 Å². The Morgan fingerprint density at radius 2 is 2.04 bits per heavy atom. The topological polar surface area (TPSA) is 66.8 Å². The van der Waals surface area contributed by atoms with Gasteiger partial charge in [0.15, 0.2) is 0 Å². The Hall–Kier alpha value is -1.56. The number of rotatable bonds is 6. The van der Waals surface area contributed by atoms with E-state index in [1.54, 1.807) is 7.11 Å². The van der Waals surface area contributed by atoms with E-state index < -0.39 is 5.97 Å². The van der Waals surface area contributed by atoms with E-state index in [1.165, 1.54) is 0 Å². The van der Waals surface area contributed by atoms with E-state index in [0.717, 1.165) is 28.6 Å². The van der Waals surface area contributed by atoms with Crippen LogP contribution in [-0.4, -0.2) is 42.1 Å². The third kappa shape index (κ3) is 5.23. The monoisotopic (exact) mass is 383 g/mol. The number of carboxylic acid groups (broad SMARTS) is 1. The summed E-state index contributed by atoms with van der Waals surface area (Å²) in [4.78, 5) is 24.9. The predicted molar refractivity (Wildman–Crippen MR) is 90.6 cm³/mol. The van der Waals surface area contributed by atoms with Crippen LogP contribution in [0.4, 0.5) is 0 Å². The number of benzene rings is 1. The number of carboxylic acids is 1. The van der Waals surface area contributed by atoms with E-state index in [9.17, 15) is 9.59 Å². The molecule has 1 aromatic rings. The summed E-state index contributed by atoms with van der Waals surface area (Å²) in [7, 11) is 1.62. The molecule has 6 heteroatoms. The van der Waals surface area contributed by atoms with Crippen LogP contribution in [0.25, 0.3) is 0 Å². The molecular weight excluding hydrogens is 362 g/mol. The highest BCUT2D eigenvalue weighted by Gasteiger charge is 2.24. The van der Waals surface area contributed by atoms with Gasteiger partial charge in [-0.2, -0.15) is 0 Å². The average molecular weight is 384 g/mol. The number of methoxy groups -OCH3 is 1. The molecule has 1 N–H and O–H groups in total. The molecular formula is C17H22BrNO4. The van der Waals surface area contributed by atoms with Gasteiger partial charge in [0.2, 0.25) is 5.91 Å². The minimum atomic E-state index is -0.750. The van der Waals surface area contributed by atoms with Crippen molar-refractivity contribution in [3.05, 3.63) is 28.2 Å². The Morgan fingerprint density at radius 3 is 2.61 bits per heavy atom. The number of piperidine rings is 1. The minimum Gasteiger partial charge on any atom is -0.496 e. The Labute approximate surface area is 144 Å². The first kappa shape index (κ1) is 17.8. The first-order valence-corrected chi connectivity index (χ1v) is 8.61. The van der Waals surface area contributed by atoms with Crippen LogP contribution < -0.4 is 4.74 Å². The standard InChI is InChI=1S/C17H22BrNO4/c1-23-15-4-2-12(10-14(15)18)3-5-16(20)19-8-6-13(7-9-19)11-17(21)22/h2,4,10,13H,3,5-9,11H2,1H3,(H,21,22). The number of nitrogens with zero attached hydrogens (tertiary/aromatic N) is 1. The van der Waals surface area contributed by atoms with Crippen LogP contribution in [0.1, 0.15) is 31.2 Å². The highest BCUT2D eigenvalue weighted by molar-refractivity contribution is 9.10. The molecule has 126 valence electrons. The van der Waals surface area contributed by atoms with Crippen molar-refractivity contribution < 1.29 is 19.4 Å². The lowest BCUT2D eigenvalue weighted by Crippen LogP contribution is -2.39. The quantitative estimate of drug-likeness (QED) is 0.819. The van der Waals surface area contributed by atoms with Crippen molar-refractivity contribution in [2.45, 2.75) is 32.1 Å². The van der Waals surface area contributed by atoms with Crippen molar-refractivity contribution >= 4 is 27.8 Å². The Kier molecular flexibility index (Phi) is 6.45. The number of halogens is 1. The van der Waals surface area contributed by atoms with Gasteiger partial charge in [-0.3, -0.25) is 9.59 Å². The number of likely N-dealkylation sites (tertiary alicyclic amines) is 1. The van der Waals surface area contributed by atoms with Crippen molar-refractivity contribution in [1.82, 2.24) is 4.90 Å². The summed E-state index contributed by atoms with van der Waals surface area (Å²) in [6.45, 7) is 1.34. The molecule has 2 rings (SSSR count). The van der Waals surface area contributed by atoms with Crippen molar-refractivity contribution in [2.24, 2.45) is 5.92 Å².